The zero-order valence-electron chi connectivity index (χ0n) is 20.6. The van der Waals surface area contributed by atoms with Crippen molar-refractivity contribution >= 4 is 11.7 Å². The van der Waals surface area contributed by atoms with E-state index >= 15 is 0 Å². The van der Waals surface area contributed by atoms with E-state index in [1.165, 1.54) is 29.8 Å². The van der Waals surface area contributed by atoms with Gasteiger partial charge in [-0.05, 0) is 42.8 Å². The summed E-state index contributed by atoms with van der Waals surface area (Å²) in [5.41, 5.74) is 3.45. The molecule has 0 aliphatic carbocycles. The van der Waals surface area contributed by atoms with Crippen LogP contribution in [0.2, 0.25) is 0 Å². The van der Waals surface area contributed by atoms with Crippen molar-refractivity contribution in [3.05, 3.63) is 83.8 Å². The minimum atomic E-state index is -2.98. The van der Waals surface area contributed by atoms with Gasteiger partial charge in [-0.25, -0.2) is 14.8 Å². The lowest BCUT2D eigenvalue weighted by Gasteiger charge is -2.10. The normalized spacial score (nSPS) is 11.2. The van der Waals surface area contributed by atoms with Crippen LogP contribution in [0, 0.1) is 6.92 Å². The molecule has 0 atom stereocenters. The molecule has 0 amide bonds. The number of ether oxygens (including phenoxy) is 3. The van der Waals surface area contributed by atoms with Crippen molar-refractivity contribution in [1.29, 1.82) is 0 Å². The lowest BCUT2D eigenvalue weighted by molar-refractivity contribution is -0.0498. The molecule has 0 spiro atoms. The van der Waals surface area contributed by atoms with Crippen LogP contribution in [0.25, 0.3) is 22.7 Å². The van der Waals surface area contributed by atoms with Gasteiger partial charge in [0.15, 0.2) is 11.5 Å². The number of carbonyl (C=O) groups is 1. The molecule has 0 bridgehead atoms. The first-order chi connectivity index (χ1) is 18.3. The summed E-state index contributed by atoms with van der Waals surface area (Å²) in [6.07, 6.45) is 3.95. The van der Waals surface area contributed by atoms with Crippen LogP contribution in [0.15, 0.2) is 61.1 Å². The fourth-order valence-electron chi connectivity index (χ4n) is 4.01. The van der Waals surface area contributed by atoms with Gasteiger partial charge in [-0.2, -0.15) is 18.3 Å². The molecule has 0 saturated heterocycles. The van der Waals surface area contributed by atoms with Gasteiger partial charge in [0.2, 0.25) is 0 Å². The first kappa shape index (κ1) is 24.8. The molecular formula is C26H22F2N6O4. The van der Waals surface area contributed by atoms with Gasteiger partial charge in [-0.15, -0.1) is 5.10 Å². The van der Waals surface area contributed by atoms with Crippen molar-refractivity contribution in [2.75, 3.05) is 14.2 Å². The van der Waals surface area contributed by atoms with E-state index in [2.05, 4.69) is 24.8 Å². The first-order valence-corrected chi connectivity index (χ1v) is 11.4. The number of alkyl halides is 2. The van der Waals surface area contributed by atoms with Crippen LogP contribution in [0.1, 0.15) is 27.6 Å². The summed E-state index contributed by atoms with van der Waals surface area (Å²) in [7, 11) is 2.83. The van der Waals surface area contributed by atoms with Crippen LogP contribution in [-0.4, -0.2) is 55.9 Å². The maximum absolute atomic E-state index is 12.8. The number of hydrogen-bond donors (Lipinski definition) is 0. The molecule has 0 saturated carbocycles. The molecule has 5 aromatic rings. The van der Waals surface area contributed by atoms with Crippen molar-refractivity contribution in [1.82, 2.24) is 29.1 Å². The highest BCUT2D eigenvalue weighted by Crippen LogP contribution is 2.28. The molecule has 0 aliphatic rings. The third-order valence-corrected chi connectivity index (χ3v) is 5.70. The predicted octanol–water partition coefficient (Wildman–Crippen LogP) is 4.27. The molecule has 0 radical (unpaired) electrons. The number of esters is 1. The summed E-state index contributed by atoms with van der Waals surface area (Å²) in [6.45, 7) is -1.07. The Kier molecular flexibility index (Phi) is 6.69. The molecule has 12 heteroatoms. The Morgan fingerprint density at radius 1 is 1.08 bits per heavy atom. The van der Waals surface area contributed by atoms with E-state index < -0.39 is 12.6 Å². The smallest absolute Gasteiger partial charge is 0.387 e. The highest BCUT2D eigenvalue weighted by Gasteiger charge is 2.18. The van der Waals surface area contributed by atoms with Crippen LogP contribution in [0.3, 0.4) is 0 Å². The topological polar surface area (TPSA) is 106 Å². The van der Waals surface area contributed by atoms with Crippen molar-refractivity contribution in [2.24, 2.45) is 0 Å². The van der Waals surface area contributed by atoms with Crippen LogP contribution < -0.4 is 9.47 Å². The van der Waals surface area contributed by atoms with Gasteiger partial charge < -0.3 is 18.8 Å². The maximum atomic E-state index is 12.8. The monoisotopic (exact) mass is 520 g/mol. The Hall–Kier alpha value is -4.87. The van der Waals surface area contributed by atoms with Gasteiger partial charge in [0, 0.05) is 18.2 Å². The van der Waals surface area contributed by atoms with Crippen LogP contribution in [-0.2, 0) is 11.2 Å². The predicted molar refractivity (Wildman–Crippen MR) is 132 cm³/mol. The Bertz CT molecular complexity index is 1630. The average Bonchev–Trinajstić information content (AvgIpc) is 3.52. The third kappa shape index (κ3) is 5.01. The molecule has 10 nitrogen and oxygen atoms in total. The number of hydrogen-bond acceptors (Lipinski definition) is 8. The molecule has 0 fully saturated rings. The van der Waals surface area contributed by atoms with Crippen molar-refractivity contribution < 1.29 is 27.8 Å². The minimum Gasteiger partial charge on any atom is -0.495 e. The number of carbonyl (C=O) groups excluding carboxylic acids is 1. The molecule has 2 aromatic carbocycles. The van der Waals surface area contributed by atoms with Gasteiger partial charge >= 0.3 is 12.6 Å². The number of nitrogens with zero attached hydrogens (tertiary/aromatic N) is 6. The standard InChI is InChI=1S/C26H22F2N6O4/c1-15-13-33(14-29-15)20-8-7-16(9-22(20)36-2)10-23-31-26-30-19(24(35)37-3)12-21(34(26)32-23)17-5-4-6-18(11-17)38-25(27)28/h4-9,11-14,25H,10H2,1-3H3. The van der Waals surface area contributed by atoms with Gasteiger partial charge in [-0.3, -0.25) is 0 Å². The van der Waals surface area contributed by atoms with E-state index in [1.54, 1.807) is 25.6 Å². The number of methoxy groups -OCH3 is 2. The molecule has 38 heavy (non-hydrogen) atoms. The van der Waals surface area contributed by atoms with Crippen molar-refractivity contribution in [3.63, 3.8) is 0 Å². The summed E-state index contributed by atoms with van der Waals surface area (Å²) in [6, 6.07) is 13.3. The van der Waals surface area contributed by atoms with Gasteiger partial charge in [0.1, 0.15) is 11.5 Å². The molecule has 0 N–H and O–H groups in total. The van der Waals surface area contributed by atoms with Crippen LogP contribution in [0.4, 0.5) is 8.78 Å². The van der Waals surface area contributed by atoms with Gasteiger partial charge in [0.05, 0.1) is 37.6 Å². The van der Waals surface area contributed by atoms with E-state index in [1.807, 2.05) is 35.9 Å². The second-order valence-electron chi connectivity index (χ2n) is 8.27. The number of halogens is 2. The lowest BCUT2D eigenvalue weighted by atomic mass is 10.1. The fraction of sp³-hybridized carbons (Fsp3) is 0.192. The molecule has 3 aromatic heterocycles. The zero-order chi connectivity index (χ0) is 26.8. The number of fused-ring (bicyclic) bond motifs is 1. The van der Waals surface area contributed by atoms with Crippen molar-refractivity contribution in [2.45, 2.75) is 20.0 Å². The number of imidazole rings is 1. The summed E-state index contributed by atoms with van der Waals surface area (Å²) < 4.78 is 43.8. The Morgan fingerprint density at radius 3 is 2.63 bits per heavy atom. The van der Waals surface area contributed by atoms with E-state index in [9.17, 15) is 13.6 Å². The highest BCUT2D eigenvalue weighted by molar-refractivity contribution is 5.89. The van der Waals surface area contributed by atoms with E-state index in [0.717, 1.165) is 16.9 Å². The molecule has 5 rings (SSSR count). The summed E-state index contributed by atoms with van der Waals surface area (Å²) in [5, 5.41) is 4.59. The first-order valence-electron chi connectivity index (χ1n) is 11.4. The minimum absolute atomic E-state index is 0.00391. The summed E-state index contributed by atoms with van der Waals surface area (Å²) in [4.78, 5) is 25.3. The number of aromatic nitrogens is 6. The molecular weight excluding hydrogens is 498 g/mol. The zero-order valence-corrected chi connectivity index (χ0v) is 20.6. The Morgan fingerprint density at radius 2 is 1.92 bits per heavy atom. The molecule has 194 valence electrons. The van der Waals surface area contributed by atoms with E-state index in [0.29, 0.717) is 29.3 Å². The number of rotatable bonds is 8. The summed E-state index contributed by atoms with van der Waals surface area (Å²) >= 11 is 0. The van der Waals surface area contributed by atoms with E-state index in [-0.39, 0.29) is 17.2 Å². The second kappa shape index (κ2) is 10.2. The third-order valence-electron chi connectivity index (χ3n) is 5.70. The Labute approximate surface area is 215 Å². The van der Waals surface area contributed by atoms with Crippen LogP contribution >= 0.6 is 0 Å². The molecule has 0 unspecified atom stereocenters. The van der Waals surface area contributed by atoms with Crippen LogP contribution in [0.5, 0.6) is 11.5 Å². The molecule has 3 heterocycles. The molecule has 0 aliphatic heterocycles. The fourth-order valence-corrected chi connectivity index (χ4v) is 4.01. The summed E-state index contributed by atoms with van der Waals surface area (Å²) in [5.74, 6) is 0.506. The van der Waals surface area contributed by atoms with Gasteiger partial charge in [0.25, 0.3) is 5.78 Å². The second-order valence-corrected chi connectivity index (χ2v) is 8.27. The Balaban J connectivity index is 1.54. The van der Waals surface area contributed by atoms with Gasteiger partial charge in [-0.1, -0.05) is 18.2 Å². The van der Waals surface area contributed by atoms with E-state index in [4.69, 9.17) is 9.47 Å². The van der Waals surface area contributed by atoms with Crippen molar-refractivity contribution in [3.8, 4) is 28.4 Å². The highest BCUT2D eigenvalue weighted by atomic mass is 19.3. The maximum Gasteiger partial charge on any atom is 0.387 e. The largest absolute Gasteiger partial charge is 0.495 e. The average molecular weight is 520 g/mol. The quantitative estimate of drug-likeness (QED) is 0.279. The number of aryl methyl sites for hydroxylation is 1. The number of benzene rings is 2. The SMILES string of the molecule is COC(=O)c1cc(-c2cccc(OC(F)F)c2)n2nc(Cc3ccc(-n4cnc(C)c4)c(OC)c3)nc2n1. The lowest BCUT2D eigenvalue weighted by Crippen LogP contribution is -2.08.